The van der Waals surface area contributed by atoms with Crippen molar-refractivity contribution in [2.75, 3.05) is 13.1 Å². The van der Waals surface area contributed by atoms with E-state index in [2.05, 4.69) is 10.3 Å². The Morgan fingerprint density at radius 1 is 1.20 bits per heavy atom. The summed E-state index contributed by atoms with van der Waals surface area (Å²) in [4.78, 5) is 30.5. The predicted molar refractivity (Wildman–Crippen MR) is 125 cm³/mol. The summed E-state index contributed by atoms with van der Waals surface area (Å²) in [5, 5.41) is 13.2. The molecule has 2 amide bonds. The van der Waals surface area contributed by atoms with Crippen molar-refractivity contribution >= 4 is 33.7 Å². The van der Waals surface area contributed by atoms with E-state index < -0.39 is 43.3 Å². The van der Waals surface area contributed by atoms with E-state index in [0.29, 0.717) is 16.5 Å². The molecule has 176 valence electrons. The van der Waals surface area contributed by atoms with Crippen LogP contribution >= 0.6 is 0 Å². The molecule has 5 rings (SSSR count). The van der Waals surface area contributed by atoms with Crippen LogP contribution < -0.4 is 5.32 Å². The Balaban J connectivity index is 1.39. The zero-order valence-electron chi connectivity index (χ0n) is 18.7. The van der Waals surface area contributed by atoms with Gasteiger partial charge >= 0.3 is 0 Å². The molecule has 35 heavy (non-hydrogen) atoms. The van der Waals surface area contributed by atoms with Gasteiger partial charge in [0.15, 0.2) is 0 Å². The van der Waals surface area contributed by atoms with Crippen molar-refractivity contribution < 1.29 is 22.8 Å². The first-order valence-corrected chi connectivity index (χ1v) is 11.0. The summed E-state index contributed by atoms with van der Waals surface area (Å²) < 4.78 is 32.9. The number of nitrogens with one attached hydrogen (secondary N) is 1. The van der Waals surface area contributed by atoms with Gasteiger partial charge in [-0.1, -0.05) is 18.2 Å². The molecule has 1 atom stereocenters. The highest BCUT2D eigenvalue weighted by Crippen LogP contribution is 2.32. The van der Waals surface area contributed by atoms with E-state index in [1.807, 2.05) is 37.3 Å². The van der Waals surface area contributed by atoms with Gasteiger partial charge in [0.1, 0.15) is 11.6 Å². The highest BCUT2D eigenvalue weighted by Gasteiger charge is 2.47. The fourth-order valence-electron chi connectivity index (χ4n) is 4.41. The molecule has 1 saturated heterocycles. The van der Waals surface area contributed by atoms with Crippen molar-refractivity contribution in [3.8, 4) is 17.2 Å². The topological polar surface area (TPSA) is 99.2 Å². The number of carbonyl (C=O) groups is 2. The van der Waals surface area contributed by atoms with Crippen LogP contribution in [0.3, 0.4) is 0 Å². The minimum Gasteiger partial charge on any atom is -0.464 e. The fourth-order valence-corrected chi connectivity index (χ4v) is 4.41. The van der Waals surface area contributed by atoms with Gasteiger partial charge in [0.05, 0.1) is 36.5 Å². The standard InChI is InChI=1S/C26H20F2N4O3/c1-15-13-35-23-9-17(2-4-19(15)23)16-3-5-22-21(8-16)20(6-7-30-22)25(34)31-12-24(33)32-14-26(27,28)10-18(32)11-29/h2-9,13,18H,10,12,14H2,1H3,(H,31,34). The molecule has 1 N–H and O–H groups in total. The minimum atomic E-state index is -3.12. The number of hydrogen-bond donors (Lipinski definition) is 1. The summed E-state index contributed by atoms with van der Waals surface area (Å²) in [5.41, 5.74) is 4.43. The van der Waals surface area contributed by atoms with Gasteiger partial charge in [-0.05, 0) is 47.9 Å². The van der Waals surface area contributed by atoms with Gasteiger partial charge in [-0.15, -0.1) is 0 Å². The van der Waals surface area contributed by atoms with E-state index in [4.69, 9.17) is 9.68 Å². The zero-order valence-corrected chi connectivity index (χ0v) is 18.7. The quantitative estimate of drug-likeness (QED) is 0.471. The Kier molecular flexibility index (Phi) is 5.44. The molecule has 0 saturated carbocycles. The van der Waals surface area contributed by atoms with Gasteiger partial charge in [-0.25, -0.2) is 8.78 Å². The van der Waals surface area contributed by atoms with Crippen LogP contribution in [0.4, 0.5) is 8.78 Å². The van der Waals surface area contributed by atoms with Crippen LogP contribution in [-0.4, -0.2) is 46.8 Å². The number of furan rings is 1. The molecule has 0 radical (unpaired) electrons. The van der Waals surface area contributed by atoms with Crippen molar-refractivity contribution in [2.24, 2.45) is 0 Å². The zero-order chi connectivity index (χ0) is 24.7. The van der Waals surface area contributed by atoms with Gasteiger partial charge in [0.2, 0.25) is 5.91 Å². The predicted octanol–water partition coefficient (Wildman–Crippen LogP) is 4.45. The number of nitriles is 1. The average molecular weight is 474 g/mol. The Hall–Kier alpha value is -4.32. The molecule has 2 aromatic carbocycles. The van der Waals surface area contributed by atoms with Crippen LogP contribution in [0.15, 0.2) is 59.3 Å². The molecule has 0 bridgehead atoms. The number of amides is 2. The Morgan fingerprint density at radius 2 is 1.97 bits per heavy atom. The van der Waals surface area contributed by atoms with E-state index in [1.165, 1.54) is 12.3 Å². The Morgan fingerprint density at radius 3 is 2.77 bits per heavy atom. The molecule has 1 unspecified atom stereocenters. The number of halogens is 2. The average Bonchev–Trinajstić information content (AvgIpc) is 3.39. The monoisotopic (exact) mass is 474 g/mol. The SMILES string of the molecule is Cc1coc2cc(-c3ccc4nccc(C(=O)NCC(=O)N5CC(F)(F)CC5C#N)c4c3)ccc12. The highest BCUT2D eigenvalue weighted by atomic mass is 19.3. The minimum absolute atomic E-state index is 0.295. The van der Waals surface area contributed by atoms with Crippen LogP contribution in [0.25, 0.3) is 33.0 Å². The summed E-state index contributed by atoms with van der Waals surface area (Å²) in [5.74, 6) is -4.39. The van der Waals surface area contributed by atoms with Gasteiger partial charge in [-0.2, -0.15) is 5.26 Å². The van der Waals surface area contributed by atoms with E-state index in [9.17, 15) is 18.4 Å². The number of likely N-dealkylation sites (tertiary alicyclic amines) is 1. The lowest BCUT2D eigenvalue weighted by Crippen LogP contribution is -2.43. The normalized spacial score (nSPS) is 17.0. The molecule has 1 aliphatic rings. The number of hydrogen-bond acceptors (Lipinski definition) is 5. The molecular formula is C26H20F2N4O3. The van der Waals surface area contributed by atoms with Crippen molar-refractivity contribution in [1.29, 1.82) is 5.26 Å². The lowest BCUT2D eigenvalue weighted by atomic mass is 9.99. The van der Waals surface area contributed by atoms with Gasteiger partial charge < -0.3 is 14.6 Å². The van der Waals surface area contributed by atoms with E-state index in [1.54, 1.807) is 18.4 Å². The van der Waals surface area contributed by atoms with Crippen LogP contribution in [0.1, 0.15) is 22.3 Å². The third-order valence-electron chi connectivity index (χ3n) is 6.23. The molecule has 9 heteroatoms. The second-order valence-electron chi connectivity index (χ2n) is 8.63. The molecule has 0 spiro atoms. The maximum Gasteiger partial charge on any atom is 0.268 e. The highest BCUT2D eigenvalue weighted by molar-refractivity contribution is 6.07. The smallest absolute Gasteiger partial charge is 0.268 e. The lowest BCUT2D eigenvalue weighted by molar-refractivity contribution is -0.131. The second-order valence-corrected chi connectivity index (χ2v) is 8.63. The van der Waals surface area contributed by atoms with E-state index in [-0.39, 0.29) is 0 Å². The van der Waals surface area contributed by atoms with Crippen molar-refractivity contribution in [3.05, 3.63) is 66.1 Å². The number of rotatable bonds is 4. The lowest BCUT2D eigenvalue weighted by Gasteiger charge is -2.19. The Bertz CT molecular complexity index is 1520. The van der Waals surface area contributed by atoms with Crippen molar-refractivity contribution in [3.63, 3.8) is 0 Å². The summed E-state index contributed by atoms with van der Waals surface area (Å²) in [6.07, 6.45) is 2.48. The number of nitrogens with zero attached hydrogens (tertiary/aromatic N) is 3. The van der Waals surface area contributed by atoms with Crippen molar-refractivity contribution in [2.45, 2.75) is 25.3 Å². The third-order valence-corrected chi connectivity index (χ3v) is 6.23. The molecule has 1 aliphatic heterocycles. The number of fused-ring (bicyclic) bond motifs is 2. The molecule has 7 nitrogen and oxygen atoms in total. The largest absolute Gasteiger partial charge is 0.464 e. The van der Waals surface area contributed by atoms with Crippen LogP contribution in [0, 0.1) is 18.3 Å². The second kappa shape index (κ2) is 8.47. The Labute approximate surface area is 199 Å². The summed E-state index contributed by atoms with van der Waals surface area (Å²) in [6.45, 7) is 0.644. The number of aryl methyl sites for hydroxylation is 1. The van der Waals surface area contributed by atoms with Gasteiger partial charge in [0, 0.05) is 23.4 Å². The third kappa shape index (κ3) is 4.19. The molecule has 3 heterocycles. The van der Waals surface area contributed by atoms with E-state index in [0.717, 1.165) is 32.6 Å². The summed E-state index contributed by atoms with van der Waals surface area (Å²) in [7, 11) is 0. The van der Waals surface area contributed by atoms with Gasteiger partial charge in [-0.3, -0.25) is 14.6 Å². The molecule has 0 aliphatic carbocycles. The fraction of sp³-hybridized carbons (Fsp3) is 0.231. The summed E-state index contributed by atoms with van der Waals surface area (Å²) >= 11 is 0. The van der Waals surface area contributed by atoms with Crippen molar-refractivity contribution in [1.82, 2.24) is 15.2 Å². The maximum absolute atomic E-state index is 13.7. The number of carbonyl (C=O) groups excluding carboxylic acids is 2. The number of aromatic nitrogens is 1. The van der Waals surface area contributed by atoms with Crippen LogP contribution in [-0.2, 0) is 4.79 Å². The molecular weight excluding hydrogens is 454 g/mol. The van der Waals surface area contributed by atoms with E-state index >= 15 is 0 Å². The molecule has 4 aromatic rings. The molecule has 1 fully saturated rings. The molecule has 2 aromatic heterocycles. The maximum atomic E-state index is 13.7. The first-order valence-electron chi connectivity index (χ1n) is 11.0. The van der Waals surface area contributed by atoms with Crippen LogP contribution in [0.2, 0.25) is 0 Å². The first kappa shape index (κ1) is 22.5. The van der Waals surface area contributed by atoms with Crippen LogP contribution in [0.5, 0.6) is 0 Å². The number of pyridine rings is 1. The number of alkyl halides is 2. The summed E-state index contributed by atoms with van der Waals surface area (Å²) in [6, 6.07) is 13.5. The van der Waals surface area contributed by atoms with Gasteiger partial charge in [0.25, 0.3) is 11.8 Å². The number of benzene rings is 2. The first-order chi connectivity index (χ1) is 16.8.